The molecule has 1 saturated heterocycles. The van der Waals surface area contributed by atoms with Crippen LogP contribution >= 0.6 is 0 Å². The second kappa shape index (κ2) is 13.9. The minimum Gasteiger partial charge on any atom is -0.386 e. The summed E-state index contributed by atoms with van der Waals surface area (Å²) in [5.41, 5.74) is 0. The fraction of sp³-hybridized carbons (Fsp3) is 1.00. The van der Waals surface area contributed by atoms with Crippen molar-refractivity contribution >= 4 is 42.2 Å². The van der Waals surface area contributed by atoms with Crippen molar-refractivity contribution in [1.29, 1.82) is 0 Å². The highest BCUT2D eigenvalue weighted by molar-refractivity contribution is 6.89. The minimum absolute atomic E-state index is 0.732. The van der Waals surface area contributed by atoms with E-state index in [2.05, 4.69) is 67.4 Å². The molecule has 0 atom stereocenters. The van der Waals surface area contributed by atoms with E-state index in [0.717, 1.165) is 19.1 Å². The summed E-state index contributed by atoms with van der Waals surface area (Å²) in [5.74, 6) is 0. The summed E-state index contributed by atoms with van der Waals surface area (Å²) < 4.78 is 33.1. The maximum Gasteiger partial charge on any atom is 0.497 e. The van der Waals surface area contributed by atoms with Gasteiger partial charge in [-0.15, -0.1) is 0 Å². The fourth-order valence-corrected chi connectivity index (χ4v) is 23.4. The lowest BCUT2D eigenvalue weighted by Crippen LogP contribution is -2.62. The molecule has 7 nitrogen and oxygen atoms in total. The molecule has 33 heavy (non-hydrogen) atoms. The molecule has 12 heteroatoms. The van der Waals surface area contributed by atoms with Crippen LogP contribution in [0.1, 0.15) is 19.3 Å². The van der Waals surface area contributed by atoms with Gasteiger partial charge in [-0.05, 0) is 32.4 Å². The first-order valence-corrected chi connectivity index (χ1v) is 26.9. The number of unbranched alkanes of at least 4 members (excludes halogenated alkanes) is 1. The number of hydrogen-bond donors (Lipinski definition) is 0. The molecule has 0 N–H and O–H groups in total. The summed E-state index contributed by atoms with van der Waals surface area (Å²) in [4.78, 5) is 0. The van der Waals surface area contributed by atoms with Crippen molar-refractivity contribution in [1.82, 2.24) is 8.46 Å². The molecule has 0 aromatic heterocycles. The Hall–Kier alpha value is 0.804. The van der Waals surface area contributed by atoms with Crippen molar-refractivity contribution in [2.45, 2.75) is 90.8 Å². The van der Waals surface area contributed by atoms with Crippen LogP contribution in [0.15, 0.2) is 0 Å². The van der Waals surface area contributed by atoms with E-state index < -0.39 is 42.2 Å². The lowest BCUT2D eigenvalue weighted by Gasteiger charge is -2.43. The van der Waals surface area contributed by atoms with Crippen LogP contribution < -0.4 is 0 Å². The molecule has 0 amide bonds. The van der Waals surface area contributed by atoms with Gasteiger partial charge in [-0.25, -0.2) is 0 Å². The summed E-state index contributed by atoms with van der Waals surface area (Å²) in [5, 5.41) is 0. The van der Waals surface area contributed by atoms with Gasteiger partial charge in [0.2, 0.25) is 0 Å². The maximum atomic E-state index is 5.78. The van der Waals surface area contributed by atoms with Gasteiger partial charge in [0.1, 0.15) is 24.7 Å². The molecule has 1 aliphatic heterocycles. The fourth-order valence-electron chi connectivity index (χ4n) is 4.63. The van der Waals surface area contributed by atoms with Crippen molar-refractivity contribution in [3.05, 3.63) is 0 Å². The maximum absolute atomic E-state index is 5.78. The minimum atomic E-state index is -2.34. The van der Waals surface area contributed by atoms with E-state index in [1.54, 1.807) is 28.4 Å². The normalized spacial score (nSPS) is 17.9. The Labute approximate surface area is 211 Å². The van der Waals surface area contributed by atoms with Gasteiger partial charge < -0.3 is 30.6 Å². The van der Waals surface area contributed by atoms with Crippen molar-refractivity contribution < 1.29 is 22.1 Å². The molecule has 0 aromatic rings. The molecule has 1 rings (SSSR count). The van der Waals surface area contributed by atoms with Gasteiger partial charge in [0.15, 0.2) is 0 Å². The Morgan fingerprint density at radius 2 is 1.24 bits per heavy atom. The van der Waals surface area contributed by atoms with Gasteiger partial charge in [-0.2, -0.15) is 0 Å². The molecular formula is C21H56N2O5Si5. The van der Waals surface area contributed by atoms with Gasteiger partial charge in [0.25, 0.3) is 0 Å². The first-order chi connectivity index (χ1) is 14.9. The highest BCUT2D eigenvalue weighted by atomic mass is 28.4. The van der Waals surface area contributed by atoms with Crippen LogP contribution in [0.25, 0.3) is 0 Å². The lowest BCUT2D eigenvalue weighted by molar-refractivity contribution is 0.104. The third-order valence-electron chi connectivity index (χ3n) is 6.23. The Morgan fingerprint density at radius 3 is 1.58 bits per heavy atom. The van der Waals surface area contributed by atoms with E-state index in [-0.39, 0.29) is 0 Å². The molecule has 0 saturated carbocycles. The number of hydrogen-bond acceptors (Lipinski definition) is 7. The molecular weight excluding hydrogens is 501 g/mol. The van der Waals surface area contributed by atoms with Crippen LogP contribution in [0.5, 0.6) is 0 Å². The Bertz CT molecular complexity index is 531. The summed E-state index contributed by atoms with van der Waals surface area (Å²) in [6.07, 6.45) is 3.49. The van der Waals surface area contributed by atoms with Gasteiger partial charge in [0, 0.05) is 47.6 Å². The third kappa shape index (κ3) is 11.2. The average Bonchev–Trinajstić information content (AvgIpc) is 3.14. The molecule has 0 radical (unpaired) electrons. The number of rotatable bonds is 13. The van der Waals surface area contributed by atoms with E-state index in [9.17, 15) is 0 Å². The van der Waals surface area contributed by atoms with Crippen LogP contribution in [0.3, 0.4) is 0 Å². The van der Waals surface area contributed by atoms with E-state index >= 15 is 0 Å². The molecule has 1 aliphatic rings. The summed E-state index contributed by atoms with van der Waals surface area (Å²) in [6, 6.07) is 1.13. The van der Waals surface area contributed by atoms with Crippen molar-refractivity contribution in [2.24, 2.45) is 0 Å². The zero-order chi connectivity index (χ0) is 26.1. The van der Waals surface area contributed by atoms with E-state index in [0.29, 0.717) is 0 Å². The summed E-state index contributed by atoms with van der Waals surface area (Å²) >= 11 is 0. The molecule has 1 heterocycles. The highest BCUT2D eigenvalue weighted by Gasteiger charge is 2.51. The van der Waals surface area contributed by atoms with Gasteiger partial charge >= 0.3 is 17.5 Å². The predicted molar refractivity (Wildman–Crippen MR) is 153 cm³/mol. The zero-order valence-electron chi connectivity index (χ0n) is 24.4. The van der Waals surface area contributed by atoms with Crippen LogP contribution in [0, 0.1) is 0 Å². The van der Waals surface area contributed by atoms with Crippen molar-refractivity contribution in [3.63, 3.8) is 0 Å². The number of nitrogens with zero attached hydrogens (tertiary/aromatic N) is 2. The van der Waals surface area contributed by atoms with Gasteiger partial charge in [0.05, 0.1) is 0 Å². The Kier molecular flexibility index (Phi) is 14.3. The zero-order valence-corrected chi connectivity index (χ0v) is 29.4. The second-order valence-electron chi connectivity index (χ2n) is 11.9. The second-order valence-corrected chi connectivity index (χ2v) is 33.5. The van der Waals surface area contributed by atoms with Crippen LogP contribution in [-0.2, 0) is 22.1 Å². The van der Waals surface area contributed by atoms with Crippen LogP contribution in [0.2, 0.25) is 71.5 Å². The quantitative estimate of drug-likeness (QED) is 0.223. The standard InChI is InChI=1S/C13H35NO3Si3.C8H21NO2Si2/c1-15-20(9,16-2)17-13-11-10-12-14(18(3,4)5)19(6,7)8;1-10-13(11-2)8-6-7-9(13)12(3,4)5/h10-13H2,1-9H3;6-8H2,1-5H3. The molecule has 200 valence electrons. The summed E-state index contributed by atoms with van der Waals surface area (Å²) in [6.45, 7) is 26.8. The monoisotopic (exact) mass is 556 g/mol. The van der Waals surface area contributed by atoms with E-state index in [1.165, 1.54) is 25.9 Å². The molecule has 1 fully saturated rings. The Morgan fingerprint density at radius 1 is 0.758 bits per heavy atom. The lowest BCUT2D eigenvalue weighted by atomic mass is 10.3. The SMILES string of the molecule is CO[Si](C)(OC)OCCCCN([Si](C)(C)C)[Si](C)(C)C.CO[Si]1(OC)CCCN1[Si](C)(C)C. The third-order valence-corrected chi connectivity index (χ3v) is 24.3. The molecule has 0 spiro atoms. The van der Waals surface area contributed by atoms with Crippen molar-refractivity contribution in [2.75, 3.05) is 48.1 Å². The van der Waals surface area contributed by atoms with E-state index in [4.69, 9.17) is 22.1 Å². The van der Waals surface area contributed by atoms with Crippen LogP contribution in [-0.4, -0.2) is 98.8 Å². The summed E-state index contributed by atoms with van der Waals surface area (Å²) in [7, 11) is -1.07. The Balaban J connectivity index is 0.000000676. The van der Waals surface area contributed by atoms with Crippen molar-refractivity contribution in [3.8, 4) is 0 Å². The molecule has 0 unspecified atom stereocenters. The molecule has 0 aromatic carbocycles. The highest BCUT2D eigenvalue weighted by Crippen LogP contribution is 2.31. The molecule has 0 bridgehead atoms. The first-order valence-electron chi connectivity index (χ1n) is 12.3. The smallest absolute Gasteiger partial charge is 0.386 e. The predicted octanol–water partition coefficient (Wildman–Crippen LogP) is 5.38. The van der Waals surface area contributed by atoms with Gasteiger partial charge in [-0.3, -0.25) is 0 Å². The van der Waals surface area contributed by atoms with Crippen LogP contribution in [0.4, 0.5) is 0 Å². The average molecular weight is 557 g/mol. The van der Waals surface area contributed by atoms with Gasteiger partial charge in [-0.1, -0.05) is 58.9 Å². The van der Waals surface area contributed by atoms with E-state index in [1.807, 2.05) is 6.55 Å². The topological polar surface area (TPSA) is 52.6 Å². The largest absolute Gasteiger partial charge is 0.497 e. The first kappa shape index (κ1) is 33.8. The molecule has 0 aliphatic carbocycles.